The number of carbonyl (C=O) groups excluding carboxylic acids is 4. The summed E-state index contributed by atoms with van der Waals surface area (Å²) in [7, 11) is 0. The summed E-state index contributed by atoms with van der Waals surface area (Å²) in [6, 6.07) is 13.6. The van der Waals surface area contributed by atoms with Crippen molar-refractivity contribution in [2.24, 2.45) is 0 Å². The van der Waals surface area contributed by atoms with Crippen LogP contribution in [0.15, 0.2) is 65.1 Å². The predicted octanol–water partition coefficient (Wildman–Crippen LogP) is 3.94. The first kappa shape index (κ1) is 27.0. The summed E-state index contributed by atoms with van der Waals surface area (Å²) in [5.41, 5.74) is 7.16. The summed E-state index contributed by atoms with van der Waals surface area (Å²) in [6.07, 6.45) is 0. The van der Waals surface area contributed by atoms with Gasteiger partial charge in [0.05, 0.1) is 21.0 Å². The number of benzene rings is 4. The van der Waals surface area contributed by atoms with E-state index in [1.54, 1.807) is 0 Å². The van der Waals surface area contributed by atoms with Crippen LogP contribution in [0.1, 0.15) is 63.7 Å². The number of hydrogen-bond acceptors (Lipinski definition) is 13. The van der Waals surface area contributed by atoms with E-state index in [-0.39, 0.29) is 44.8 Å². The molecule has 15 nitrogen and oxygen atoms in total. The zero-order valence-corrected chi connectivity index (χ0v) is 22.4. The number of carbonyl (C=O) groups is 4. The topological polar surface area (TPSA) is 246 Å². The Hall–Kier alpha value is -6.90. The summed E-state index contributed by atoms with van der Waals surface area (Å²) in [4.78, 5) is 76.3. The number of anilines is 2. The van der Waals surface area contributed by atoms with Gasteiger partial charge in [-0.2, -0.15) is 0 Å². The molecular weight excluding hydrogens is 588 g/mol. The Labute approximate surface area is 249 Å². The first-order chi connectivity index (χ1) is 21.5. The molecule has 45 heavy (non-hydrogen) atoms. The van der Waals surface area contributed by atoms with E-state index in [1.807, 2.05) is 0 Å². The van der Waals surface area contributed by atoms with Crippen molar-refractivity contribution >= 4 is 45.9 Å². The molecule has 5 aromatic rings. The van der Waals surface area contributed by atoms with E-state index in [1.165, 1.54) is 48.5 Å². The van der Waals surface area contributed by atoms with Crippen LogP contribution in [-0.2, 0) is 0 Å². The second-order valence-electron chi connectivity index (χ2n) is 10.1. The van der Waals surface area contributed by atoms with Gasteiger partial charge in [0.2, 0.25) is 11.6 Å². The van der Waals surface area contributed by atoms with Crippen molar-refractivity contribution < 1.29 is 33.4 Å². The molecule has 2 aliphatic rings. The highest BCUT2D eigenvalue weighted by Gasteiger charge is 2.42. The zero-order chi connectivity index (χ0) is 31.9. The van der Waals surface area contributed by atoms with E-state index in [4.69, 9.17) is 15.9 Å². The van der Waals surface area contributed by atoms with Crippen LogP contribution in [0.4, 0.5) is 22.7 Å². The Morgan fingerprint density at radius 2 is 0.844 bits per heavy atom. The van der Waals surface area contributed by atoms with Crippen LogP contribution in [0.2, 0.25) is 0 Å². The zero-order valence-electron chi connectivity index (χ0n) is 22.4. The lowest BCUT2D eigenvalue weighted by molar-refractivity contribution is -0.384. The number of nitro groups is 2. The minimum atomic E-state index is -0.905. The quantitative estimate of drug-likeness (QED) is 0.165. The highest BCUT2D eigenvalue weighted by molar-refractivity contribution is 6.33. The minimum Gasteiger partial charge on any atom is -0.416 e. The van der Waals surface area contributed by atoms with Crippen molar-refractivity contribution in [1.29, 1.82) is 0 Å². The number of fused-ring (bicyclic) bond motifs is 4. The first-order valence-electron chi connectivity index (χ1n) is 12.9. The monoisotopic (exact) mass is 602 g/mol. The third-order valence-electron chi connectivity index (χ3n) is 7.65. The molecule has 7 rings (SSSR count). The number of nitro benzene ring substituents is 2. The maximum absolute atomic E-state index is 13.5. The molecule has 0 atom stereocenters. The maximum atomic E-state index is 13.5. The normalized spacial score (nSPS) is 13.2. The fourth-order valence-corrected chi connectivity index (χ4v) is 5.76. The number of nitrogens with zero attached hydrogens (tertiary/aromatic N) is 4. The molecular formula is C30H14N6O9. The van der Waals surface area contributed by atoms with Gasteiger partial charge in [-0.25, -0.2) is 0 Å². The van der Waals surface area contributed by atoms with Gasteiger partial charge < -0.3 is 15.9 Å². The molecule has 0 amide bonds. The van der Waals surface area contributed by atoms with E-state index in [2.05, 4.69) is 10.2 Å². The molecule has 0 unspecified atom stereocenters. The fourth-order valence-electron chi connectivity index (χ4n) is 5.76. The molecule has 1 aromatic heterocycles. The van der Waals surface area contributed by atoms with Crippen molar-refractivity contribution in [3.63, 3.8) is 0 Å². The molecule has 0 radical (unpaired) electrons. The first-order valence-corrected chi connectivity index (χ1v) is 12.9. The van der Waals surface area contributed by atoms with Gasteiger partial charge >= 0.3 is 0 Å². The van der Waals surface area contributed by atoms with Crippen LogP contribution in [0.5, 0.6) is 0 Å². The molecule has 0 aliphatic heterocycles. The SMILES string of the molecule is Nc1cc(-c2nnc(-c3cc(N)c4c(c3[N+](=O)[O-])C(=O)c3ccccc3C4=O)o2)c([N+](=O)[O-])c2c1C(=O)c1ccccc1C2=O. The van der Waals surface area contributed by atoms with Gasteiger partial charge in [0.15, 0.2) is 11.6 Å². The molecule has 4 aromatic carbocycles. The number of ketones is 4. The van der Waals surface area contributed by atoms with Crippen LogP contribution in [0.3, 0.4) is 0 Å². The van der Waals surface area contributed by atoms with Crippen LogP contribution in [-0.4, -0.2) is 43.2 Å². The molecule has 0 spiro atoms. The lowest BCUT2D eigenvalue weighted by atomic mass is 9.81. The van der Waals surface area contributed by atoms with Gasteiger partial charge in [0, 0.05) is 33.6 Å². The van der Waals surface area contributed by atoms with Crippen molar-refractivity contribution in [1.82, 2.24) is 10.2 Å². The molecule has 2 aliphatic carbocycles. The molecule has 0 saturated heterocycles. The maximum Gasteiger partial charge on any atom is 0.294 e. The van der Waals surface area contributed by atoms with Gasteiger partial charge in [-0.05, 0) is 12.1 Å². The lowest BCUT2D eigenvalue weighted by Gasteiger charge is -2.20. The average molecular weight is 602 g/mol. The summed E-state index contributed by atoms with van der Waals surface area (Å²) < 4.78 is 5.66. The van der Waals surface area contributed by atoms with Gasteiger partial charge in [0.25, 0.3) is 23.2 Å². The van der Waals surface area contributed by atoms with Crippen LogP contribution in [0, 0.1) is 20.2 Å². The molecule has 0 bridgehead atoms. The van der Waals surface area contributed by atoms with Gasteiger partial charge in [-0.1, -0.05) is 48.5 Å². The van der Waals surface area contributed by atoms with E-state index >= 15 is 0 Å². The van der Waals surface area contributed by atoms with Crippen molar-refractivity contribution in [2.75, 3.05) is 11.5 Å². The molecule has 1 heterocycles. The number of nitrogens with two attached hydrogens (primary N) is 2. The van der Waals surface area contributed by atoms with Crippen LogP contribution >= 0.6 is 0 Å². The summed E-state index contributed by atoms with van der Waals surface area (Å²) in [6.45, 7) is 0. The van der Waals surface area contributed by atoms with Gasteiger partial charge in [-0.3, -0.25) is 39.4 Å². The highest BCUT2D eigenvalue weighted by Crippen LogP contribution is 2.45. The Bertz CT molecular complexity index is 2130. The predicted molar refractivity (Wildman–Crippen MR) is 154 cm³/mol. The van der Waals surface area contributed by atoms with E-state index < -0.39 is 78.4 Å². The second-order valence-corrected chi connectivity index (χ2v) is 10.1. The molecule has 4 N–H and O–H groups in total. The number of rotatable bonds is 4. The largest absolute Gasteiger partial charge is 0.416 e. The molecule has 0 saturated carbocycles. The van der Waals surface area contributed by atoms with Crippen molar-refractivity contribution in [3.05, 3.63) is 125 Å². The van der Waals surface area contributed by atoms with E-state index in [0.29, 0.717) is 0 Å². The third-order valence-corrected chi connectivity index (χ3v) is 7.65. The van der Waals surface area contributed by atoms with Crippen LogP contribution < -0.4 is 11.5 Å². The lowest BCUT2D eigenvalue weighted by Crippen LogP contribution is -2.24. The van der Waals surface area contributed by atoms with E-state index in [0.717, 1.165) is 12.1 Å². The summed E-state index contributed by atoms with van der Waals surface area (Å²) >= 11 is 0. The summed E-state index contributed by atoms with van der Waals surface area (Å²) in [5.74, 6) is -4.21. The molecule has 218 valence electrons. The van der Waals surface area contributed by atoms with Crippen molar-refractivity contribution in [3.8, 4) is 22.9 Å². The second kappa shape index (κ2) is 9.30. The Morgan fingerprint density at radius 3 is 1.16 bits per heavy atom. The smallest absolute Gasteiger partial charge is 0.294 e. The highest BCUT2D eigenvalue weighted by atomic mass is 16.6. The molecule has 0 fully saturated rings. The number of hydrogen-bond donors (Lipinski definition) is 2. The number of aromatic nitrogens is 2. The van der Waals surface area contributed by atoms with Crippen molar-refractivity contribution in [2.45, 2.75) is 0 Å². The summed E-state index contributed by atoms with van der Waals surface area (Å²) in [5, 5.41) is 32.4. The molecule has 15 heteroatoms. The fraction of sp³-hybridized carbons (Fsp3) is 0. The minimum absolute atomic E-state index is 0.0248. The van der Waals surface area contributed by atoms with Gasteiger partial charge in [0.1, 0.15) is 22.3 Å². The number of nitrogen functional groups attached to an aromatic ring is 2. The van der Waals surface area contributed by atoms with Crippen LogP contribution in [0.25, 0.3) is 22.9 Å². The standard InChI is InChI=1S/C30H14N6O9/c31-17-9-15(23(35(41)42)21-19(17)25(37)11-5-1-3-7-13(11)27(21)39)29-33-34-30(45-29)16-10-18(32)20-22(24(16)36(43)44)28(40)14-8-4-2-6-12(14)26(20)38/h1-10H,31-32H2. The third kappa shape index (κ3) is 3.64. The average Bonchev–Trinajstić information content (AvgIpc) is 3.51. The Morgan fingerprint density at radius 1 is 0.533 bits per heavy atom. The van der Waals surface area contributed by atoms with E-state index in [9.17, 15) is 39.4 Å². The van der Waals surface area contributed by atoms with Gasteiger partial charge in [-0.15, -0.1) is 10.2 Å². The Balaban J connectivity index is 1.43. The Kier molecular flexibility index (Phi) is 5.57.